The molecule has 172 valence electrons. The number of hydrogen-bond donors (Lipinski definition) is 2. The number of hydrogen-bond acceptors (Lipinski definition) is 6. The number of amides is 2. The number of H-pyrrole nitrogens is 1. The van der Waals surface area contributed by atoms with E-state index < -0.39 is 0 Å². The van der Waals surface area contributed by atoms with Gasteiger partial charge in [0.1, 0.15) is 5.75 Å². The van der Waals surface area contributed by atoms with Crippen LogP contribution < -0.4 is 9.77 Å². The summed E-state index contributed by atoms with van der Waals surface area (Å²) in [5.74, 6) is -0.615. The van der Waals surface area contributed by atoms with Crippen LogP contribution in [0.15, 0.2) is 58.4 Å². The van der Waals surface area contributed by atoms with Crippen LogP contribution in [0, 0.1) is 36.5 Å². The molecule has 2 N–H and O–H groups in total. The van der Waals surface area contributed by atoms with Gasteiger partial charge in [0.05, 0.1) is 22.5 Å². The van der Waals surface area contributed by atoms with Gasteiger partial charge in [0.25, 0.3) is 0 Å². The first-order valence-corrected chi connectivity index (χ1v) is 13.3. The Labute approximate surface area is 204 Å². The van der Waals surface area contributed by atoms with Crippen LogP contribution in [0.3, 0.4) is 0 Å². The molecule has 7 atom stereocenters. The molecular formula is C26H22N2O4S2. The predicted octanol–water partition coefficient (Wildman–Crippen LogP) is 4.13. The summed E-state index contributed by atoms with van der Waals surface area (Å²) in [4.78, 5) is 44.8. The van der Waals surface area contributed by atoms with Crippen LogP contribution >= 0.6 is 23.1 Å². The molecule has 4 aliphatic rings. The van der Waals surface area contributed by atoms with E-state index in [4.69, 9.17) is 0 Å². The standard InChI is InChI=1S/C26H22N2O4S2/c1-11-6-8-12(9-7-11)28-24(30)19-14-10-15(20(19)25(28)31)21-18(14)17(13-4-2-3-5-16(13)29)22-23(33-21)27-26(32)34-22/h2-9,14-15,17-21,29H,10H2,1H3,(H,27,32)/t14-,15-,17+,18-,19+,20-,21+/m1/s1. The van der Waals surface area contributed by atoms with E-state index >= 15 is 0 Å². The third-order valence-corrected chi connectivity index (χ3v) is 10.9. The molecule has 0 unspecified atom stereocenters. The van der Waals surface area contributed by atoms with Gasteiger partial charge in [-0.1, -0.05) is 47.2 Å². The molecule has 7 rings (SSSR count). The summed E-state index contributed by atoms with van der Waals surface area (Å²) in [6.07, 6.45) is 0.833. The maximum atomic E-state index is 13.7. The number of thioether (sulfide) groups is 1. The quantitative estimate of drug-likeness (QED) is 0.527. The number of nitrogens with zero attached hydrogens (tertiary/aromatic N) is 1. The minimum absolute atomic E-state index is 0.0364. The fourth-order valence-corrected chi connectivity index (χ4v) is 9.94. The van der Waals surface area contributed by atoms with Gasteiger partial charge >= 0.3 is 4.87 Å². The zero-order chi connectivity index (χ0) is 23.3. The highest BCUT2D eigenvalue weighted by Gasteiger charge is 2.69. The van der Waals surface area contributed by atoms with E-state index in [-0.39, 0.29) is 63.2 Å². The second-order valence-corrected chi connectivity index (χ2v) is 12.1. The van der Waals surface area contributed by atoms with Crippen LogP contribution in [0.2, 0.25) is 0 Å². The Morgan fingerprint density at radius 2 is 1.68 bits per heavy atom. The van der Waals surface area contributed by atoms with Crippen LogP contribution in [0.25, 0.3) is 0 Å². The summed E-state index contributed by atoms with van der Waals surface area (Å²) in [5.41, 5.74) is 2.52. The number of phenolic OH excluding ortho intramolecular Hbond substituents is 1. The van der Waals surface area contributed by atoms with Gasteiger partial charge in [-0.2, -0.15) is 0 Å². The highest BCUT2D eigenvalue weighted by molar-refractivity contribution is 8.00. The lowest BCUT2D eigenvalue weighted by molar-refractivity contribution is -0.123. The number of benzene rings is 2. The smallest absolute Gasteiger partial charge is 0.305 e. The molecule has 1 aromatic heterocycles. The Morgan fingerprint density at radius 1 is 0.971 bits per heavy atom. The molecule has 2 aliphatic carbocycles. The number of aromatic hydroxyl groups is 1. The van der Waals surface area contributed by atoms with E-state index in [9.17, 15) is 19.5 Å². The molecule has 3 heterocycles. The largest absolute Gasteiger partial charge is 0.508 e. The first-order valence-electron chi connectivity index (χ1n) is 11.6. The van der Waals surface area contributed by atoms with Crippen molar-refractivity contribution in [3.05, 3.63) is 74.2 Å². The van der Waals surface area contributed by atoms with E-state index in [2.05, 4.69) is 4.98 Å². The van der Waals surface area contributed by atoms with Crippen LogP contribution in [-0.2, 0) is 9.59 Å². The number of aromatic amines is 1. The summed E-state index contributed by atoms with van der Waals surface area (Å²) in [5, 5.41) is 11.7. The number of nitrogens with one attached hydrogen (secondary N) is 1. The van der Waals surface area contributed by atoms with Gasteiger partial charge < -0.3 is 10.1 Å². The maximum Gasteiger partial charge on any atom is 0.305 e. The maximum absolute atomic E-state index is 13.7. The van der Waals surface area contributed by atoms with Crippen molar-refractivity contribution in [2.45, 2.75) is 29.5 Å². The minimum Gasteiger partial charge on any atom is -0.508 e. The first-order chi connectivity index (χ1) is 16.4. The van der Waals surface area contributed by atoms with Crippen LogP contribution in [0.1, 0.15) is 28.3 Å². The first kappa shape index (κ1) is 20.5. The van der Waals surface area contributed by atoms with Crippen molar-refractivity contribution in [1.82, 2.24) is 4.98 Å². The number of aryl methyl sites for hydroxylation is 1. The average molecular weight is 491 g/mol. The number of para-hydroxylation sites is 1. The number of rotatable bonds is 2. The Hall–Kier alpha value is -2.84. The van der Waals surface area contributed by atoms with Crippen molar-refractivity contribution in [1.29, 1.82) is 0 Å². The number of thiazole rings is 1. The number of anilines is 1. The highest BCUT2D eigenvalue weighted by Crippen LogP contribution is 2.69. The van der Waals surface area contributed by atoms with Crippen molar-refractivity contribution in [3.8, 4) is 5.75 Å². The second-order valence-electron chi connectivity index (χ2n) is 9.87. The number of carbonyl (C=O) groups excluding carboxylic acids is 2. The van der Waals surface area contributed by atoms with Gasteiger partial charge in [0, 0.05) is 21.6 Å². The average Bonchev–Trinajstić information content (AvgIpc) is 3.54. The molecule has 2 saturated carbocycles. The zero-order valence-corrected chi connectivity index (χ0v) is 19.9. The lowest BCUT2D eigenvalue weighted by Crippen LogP contribution is -2.42. The normalized spacial score (nSPS) is 33.2. The lowest BCUT2D eigenvalue weighted by Gasteiger charge is -2.43. The molecule has 1 saturated heterocycles. The number of carbonyl (C=O) groups is 2. The molecule has 6 nitrogen and oxygen atoms in total. The van der Waals surface area contributed by atoms with Gasteiger partial charge in [-0.25, -0.2) is 0 Å². The third kappa shape index (κ3) is 2.61. The van der Waals surface area contributed by atoms with E-state index in [1.807, 2.05) is 43.3 Å². The van der Waals surface area contributed by atoms with Gasteiger partial charge in [0.15, 0.2) is 0 Å². The highest BCUT2D eigenvalue weighted by atomic mass is 32.2. The molecular weight excluding hydrogens is 468 g/mol. The minimum atomic E-state index is -0.341. The molecule has 3 aromatic rings. The van der Waals surface area contributed by atoms with Gasteiger partial charge in [-0.05, 0) is 49.3 Å². The molecule has 34 heavy (non-hydrogen) atoms. The number of fused-ring (bicyclic) bond motifs is 9. The summed E-state index contributed by atoms with van der Waals surface area (Å²) < 4.78 is 0. The molecule has 3 fully saturated rings. The topological polar surface area (TPSA) is 90.5 Å². The number of phenols is 1. The van der Waals surface area contributed by atoms with Crippen molar-refractivity contribution in [2.75, 3.05) is 4.90 Å². The number of aromatic nitrogens is 1. The summed E-state index contributed by atoms with van der Waals surface area (Å²) in [6.45, 7) is 1.98. The summed E-state index contributed by atoms with van der Waals surface area (Å²) in [7, 11) is 0. The van der Waals surface area contributed by atoms with E-state index in [1.165, 1.54) is 16.2 Å². The van der Waals surface area contributed by atoms with Crippen molar-refractivity contribution >= 4 is 40.6 Å². The van der Waals surface area contributed by atoms with Crippen LogP contribution in [-0.4, -0.2) is 27.2 Å². The van der Waals surface area contributed by atoms with Gasteiger partial charge in [-0.15, -0.1) is 11.8 Å². The SMILES string of the molecule is Cc1ccc(N2C(=O)[C@@H]3[C@H]4C[C@@H]([C@@H]3C2=O)[C@@H]2[C@H](c3ccccc3O)c3sc(=O)[nH]c3S[C@@H]42)cc1. The molecule has 0 spiro atoms. The molecule has 2 aromatic carbocycles. The van der Waals surface area contributed by atoms with E-state index in [0.29, 0.717) is 5.69 Å². The second kappa shape index (κ2) is 7.09. The lowest BCUT2D eigenvalue weighted by atomic mass is 9.68. The Morgan fingerprint density at radius 3 is 2.41 bits per heavy atom. The van der Waals surface area contributed by atoms with Crippen molar-refractivity contribution in [3.63, 3.8) is 0 Å². The van der Waals surface area contributed by atoms with E-state index in [0.717, 1.165) is 27.5 Å². The molecule has 2 bridgehead atoms. The molecule has 8 heteroatoms. The zero-order valence-electron chi connectivity index (χ0n) is 18.3. The third-order valence-electron chi connectivity index (χ3n) is 8.29. The Bertz CT molecular complexity index is 1410. The summed E-state index contributed by atoms with van der Waals surface area (Å²) in [6, 6.07) is 14.9. The van der Waals surface area contributed by atoms with Crippen molar-refractivity contribution < 1.29 is 14.7 Å². The Kier molecular flexibility index (Phi) is 4.28. The van der Waals surface area contributed by atoms with Gasteiger partial charge in [-0.3, -0.25) is 19.3 Å². The van der Waals surface area contributed by atoms with E-state index in [1.54, 1.807) is 23.9 Å². The monoisotopic (exact) mass is 490 g/mol. The fraction of sp³-hybridized carbons (Fsp3) is 0.346. The molecule has 0 radical (unpaired) electrons. The predicted molar refractivity (Wildman–Crippen MR) is 130 cm³/mol. The van der Waals surface area contributed by atoms with Crippen LogP contribution in [0.5, 0.6) is 5.75 Å². The Balaban J connectivity index is 1.34. The molecule has 2 aliphatic heterocycles. The summed E-state index contributed by atoms with van der Waals surface area (Å²) >= 11 is 2.86. The molecule has 2 amide bonds. The van der Waals surface area contributed by atoms with Gasteiger partial charge in [0.2, 0.25) is 11.8 Å². The van der Waals surface area contributed by atoms with Crippen LogP contribution in [0.4, 0.5) is 5.69 Å². The fourth-order valence-electron chi connectivity index (χ4n) is 7.06. The number of imide groups is 1. The van der Waals surface area contributed by atoms with Crippen molar-refractivity contribution in [2.24, 2.45) is 29.6 Å².